The van der Waals surface area contributed by atoms with E-state index in [0.29, 0.717) is 17.3 Å². The Balaban J connectivity index is 2.15. The van der Waals surface area contributed by atoms with Crippen molar-refractivity contribution in [2.24, 2.45) is 5.92 Å². The Morgan fingerprint density at radius 1 is 1.48 bits per heavy atom. The Morgan fingerprint density at radius 2 is 2.24 bits per heavy atom. The highest BCUT2D eigenvalue weighted by molar-refractivity contribution is 9.10. The standard InChI is InChI=1S/C15H21BrFNO2S/c1-2-7-18-14(12-6-8-21(19,20)10-12)9-11-4-3-5-13(17)15(11)16/h3-5,12,14,18H,2,6-10H2,1H3. The van der Waals surface area contributed by atoms with Gasteiger partial charge in [-0.3, -0.25) is 0 Å². The maximum Gasteiger partial charge on any atom is 0.150 e. The zero-order chi connectivity index (χ0) is 15.5. The Labute approximate surface area is 134 Å². The topological polar surface area (TPSA) is 46.2 Å². The number of halogens is 2. The molecule has 21 heavy (non-hydrogen) atoms. The lowest BCUT2D eigenvalue weighted by molar-refractivity contribution is 0.378. The van der Waals surface area contributed by atoms with Crippen LogP contribution < -0.4 is 5.32 Å². The van der Waals surface area contributed by atoms with E-state index in [4.69, 9.17) is 0 Å². The fraction of sp³-hybridized carbons (Fsp3) is 0.600. The summed E-state index contributed by atoms with van der Waals surface area (Å²) >= 11 is 3.29. The van der Waals surface area contributed by atoms with Crippen LogP contribution in [0.3, 0.4) is 0 Å². The van der Waals surface area contributed by atoms with E-state index in [1.165, 1.54) is 6.07 Å². The third-order valence-corrected chi connectivity index (χ3v) is 6.65. The molecule has 2 unspecified atom stereocenters. The zero-order valence-electron chi connectivity index (χ0n) is 12.1. The van der Waals surface area contributed by atoms with Crippen molar-refractivity contribution in [3.63, 3.8) is 0 Å². The molecule has 0 aliphatic carbocycles. The molecule has 1 aromatic rings. The molecule has 0 spiro atoms. The lowest BCUT2D eigenvalue weighted by atomic mass is 9.93. The molecule has 1 heterocycles. The van der Waals surface area contributed by atoms with Crippen molar-refractivity contribution in [3.05, 3.63) is 34.1 Å². The molecule has 2 rings (SSSR count). The third kappa shape index (κ3) is 4.50. The molecule has 1 fully saturated rings. The van der Waals surface area contributed by atoms with Crippen LogP contribution in [-0.2, 0) is 16.3 Å². The molecule has 1 N–H and O–H groups in total. The van der Waals surface area contributed by atoms with Gasteiger partial charge in [0.05, 0.1) is 16.0 Å². The highest BCUT2D eigenvalue weighted by Gasteiger charge is 2.33. The Morgan fingerprint density at radius 3 is 2.86 bits per heavy atom. The normalized spacial score (nSPS) is 22.3. The molecule has 118 valence electrons. The van der Waals surface area contributed by atoms with Gasteiger partial charge in [-0.1, -0.05) is 19.1 Å². The first-order valence-corrected chi connectivity index (χ1v) is 9.91. The minimum absolute atomic E-state index is 0.0697. The fourth-order valence-electron chi connectivity index (χ4n) is 2.82. The van der Waals surface area contributed by atoms with Gasteiger partial charge in [0.2, 0.25) is 0 Å². The maximum atomic E-state index is 13.6. The summed E-state index contributed by atoms with van der Waals surface area (Å²) in [6, 6.07) is 5.07. The molecule has 0 amide bonds. The summed E-state index contributed by atoms with van der Waals surface area (Å²) in [6.45, 7) is 2.92. The van der Waals surface area contributed by atoms with E-state index in [2.05, 4.69) is 28.2 Å². The summed E-state index contributed by atoms with van der Waals surface area (Å²) in [5.74, 6) is 0.339. The molecule has 1 aromatic carbocycles. The van der Waals surface area contributed by atoms with Crippen LogP contribution in [0.2, 0.25) is 0 Å². The third-order valence-electron chi connectivity index (χ3n) is 3.96. The van der Waals surface area contributed by atoms with Crippen molar-refractivity contribution in [1.29, 1.82) is 0 Å². The van der Waals surface area contributed by atoms with E-state index < -0.39 is 9.84 Å². The smallest absolute Gasteiger partial charge is 0.150 e. The summed E-state index contributed by atoms with van der Waals surface area (Å²) in [4.78, 5) is 0. The van der Waals surface area contributed by atoms with Gasteiger partial charge in [0.15, 0.2) is 9.84 Å². The van der Waals surface area contributed by atoms with Gasteiger partial charge in [-0.15, -0.1) is 0 Å². The van der Waals surface area contributed by atoms with E-state index in [0.717, 1.165) is 18.5 Å². The first kappa shape index (κ1) is 16.9. The first-order valence-electron chi connectivity index (χ1n) is 7.29. The van der Waals surface area contributed by atoms with E-state index in [1.807, 2.05) is 6.07 Å². The Hall–Kier alpha value is -0.460. The largest absolute Gasteiger partial charge is 0.313 e. The van der Waals surface area contributed by atoms with Crippen molar-refractivity contribution in [2.45, 2.75) is 32.2 Å². The van der Waals surface area contributed by atoms with Crippen molar-refractivity contribution >= 4 is 25.8 Å². The van der Waals surface area contributed by atoms with E-state index in [1.54, 1.807) is 6.07 Å². The lowest BCUT2D eigenvalue weighted by Crippen LogP contribution is -2.39. The van der Waals surface area contributed by atoms with Gasteiger partial charge in [-0.05, 0) is 59.3 Å². The van der Waals surface area contributed by atoms with Crippen LogP contribution in [0.25, 0.3) is 0 Å². The van der Waals surface area contributed by atoms with Gasteiger partial charge in [0.25, 0.3) is 0 Å². The molecule has 0 aromatic heterocycles. The van der Waals surface area contributed by atoms with Crippen molar-refractivity contribution in [2.75, 3.05) is 18.1 Å². The lowest BCUT2D eigenvalue weighted by Gasteiger charge is -2.24. The van der Waals surface area contributed by atoms with Gasteiger partial charge in [0, 0.05) is 6.04 Å². The van der Waals surface area contributed by atoms with Crippen molar-refractivity contribution in [1.82, 2.24) is 5.32 Å². The molecule has 0 bridgehead atoms. The summed E-state index contributed by atoms with van der Waals surface area (Å²) < 4.78 is 37.5. The number of nitrogens with one attached hydrogen (secondary N) is 1. The Kier molecular flexibility index (Phi) is 5.80. The average Bonchev–Trinajstić information content (AvgIpc) is 2.79. The predicted octanol–water partition coefficient (Wildman–Crippen LogP) is 2.93. The van der Waals surface area contributed by atoms with Crippen molar-refractivity contribution in [3.8, 4) is 0 Å². The number of hydrogen-bond donors (Lipinski definition) is 1. The van der Waals surface area contributed by atoms with Crippen LogP contribution >= 0.6 is 15.9 Å². The van der Waals surface area contributed by atoms with Crippen LogP contribution in [0.5, 0.6) is 0 Å². The average molecular weight is 378 g/mol. The van der Waals surface area contributed by atoms with Gasteiger partial charge >= 0.3 is 0 Å². The summed E-state index contributed by atoms with van der Waals surface area (Å²) in [5.41, 5.74) is 0.882. The molecule has 0 radical (unpaired) electrons. The van der Waals surface area contributed by atoms with Gasteiger partial charge in [-0.2, -0.15) is 0 Å². The van der Waals surface area contributed by atoms with Crippen LogP contribution in [0, 0.1) is 11.7 Å². The van der Waals surface area contributed by atoms with Gasteiger partial charge < -0.3 is 5.32 Å². The quantitative estimate of drug-likeness (QED) is 0.828. The SMILES string of the molecule is CCCNC(Cc1cccc(F)c1Br)C1CCS(=O)(=O)C1. The van der Waals surface area contributed by atoms with Gasteiger partial charge in [0.1, 0.15) is 5.82 Å². The number of sulfone groups is 1. The van der Waals surface area contributed by atoms with Crippen LogP contribution in [0.15, 0.2) is 22.7 Å². The van der Waals surface area contributed by atoms with Gasteiger partial charge in [-0.25, -0.2) is 12.8 Å². The fourth-order valence-corrected chi connectivity index (χ4v) is 5.13. The second-order valence-corrected chi connectivity index (χ2v) is 8.66. The molecule has 1 saturated heterocycles. The molecule has 1 aliphatic heterocycles. The molecule has 2 atom stereocenters. The summed E-state index contributed by atoms with van der Waals surface area (Å²) in [5, 5.41) is 3.44. The van der Waals surface area contributed by atoms with E-state index in [-0.39, 0.29) is 29.3 Å². The zero-order valence-corrected chi connectivity index (χ0v) is 14.5. The molecule has 0 saturated carbocycles. The number of rotatable bonds is 6. The monoisotopic (exact) mass is 377 g/mol. The van der Waals surface area contributed by atoms with Crippen molar-refractivity contribution < 1.29 is 12.8 Å². The molecule has 1 aliphatic rings. The van der Waals surface area contributed by atoms with E-state index in [9.17, 15) is 12.8 Å². The van der Waals surface area contributed by atoms with Crippen LogP contribution in [0.1, 0.15) is 25.3 Å². The molecule has 3 nitrogen and oxygen atoms in total. The minimum Gasteiger partial charge on any atom is -0.313 e. The predicted molar refractivity (Wildman–Crippen MR) is 86.6 cm³/mol. The molecular formula is C15H21BrFNO2S. The Bertz CT molecular complexity index is 591. The minimum atomic E-state index is -2.90. The second-order valence-electron chi connectivity index (χ2n) is 5.64. The maximum absolute atomic E-state index is 13.6. The number of hydrogen-bond acceptors (Lipinski definition) is 3. The molecule has 6 heteroatoms. The summed E-state index contributed by atoms with van der Waals surface area (Å²) in [7, 11) is -2.90. The molecular weight excluding hydrogens is 357 g/mol. The van der Waals surface area contributed by atoms with Crippen LogP contribution in [0.4, 0.5) is 4.39 Å². The first-order chi connectivity index (χ1) is 9.93. The second kappa shape index (κ2) is 7.20. The highest BCUT2D eigenvalue weighted by atomic mass is 79.9. The number of benzene rings is 1. The summed E-state index contributed by atoms with van der Waals surface area (Å²) in [6.07, 6.45) is 2.31. The highest BCUT2D eigenvalue weighted by Crippen LogP contribution is 2.27. The van der Waals surface area contributed by atoms with Crippen LogP contribution in [-0.4, -0.2) is 32.5 Å². The van der Waals surface area contributed by atoms with E-state index >= 15 is 0 Å².